The number of aromatic nitrogens is 2. The molecule has 0 atom stereocenters. The molecule has 0 spiro atoms. The Balaban J connectivity index is 1.87. The molecule has 1 saturated heterocycles. The number of nitrogens with zero attached hydrogens (tertiary/aromatic N) is 3. The van der Waals surface area contributed by atoms with Crippen molar-refractivity contribution in [1.82, 2.24) is 14.9 Å². The van der Waals surface area contributed by atoms with Gasteiger partial charge in [0.15, 0.2) is 11.5 Å². The minimum absolute atomic E-state index is 0.0260. The van der Waals surface area contributed by atoms with Crippen LogP contribution in [0, 0.1) is 0 Å². The molecule has 0 aliphatic carbocycles. The van der Waals surface area contributed by atoms with E-state index in [2.05, 4.69) is 19.8 Å². The predicted octanol–water partition coefficient (Wildman–Crippen LogP) is 1.17. The normalized spacial score (nSPS) is 16.2. The third kappa shape index (κ3) is 3.93. The summed E-state index contributed by atoms with van der Waals surface area (Å²) in [7, 11) is 0.00287. The quantitative estimate of drug-likeness (QED) is 0.849. The van der Waals surface area contributed by atoms with Gasteiger partial charge in [0.1, 0.15) is 0 Å². The van der Waals surface area contributed by atoms with Crippen molar-refractivity contribution in [1.29, 1.82) is 0 Å². The molecule has 3 rings (SSSR count). The van der Waals surface area contributed by atoms with E-state index >= 15 is 0 Å². The summed E-state index contributed by atoms with van der Waals surface area (Å²) in [6, 6.07) is 3.68. The zero-order valence-electron chi connectivity index (χ0n) is 14.5. The molecule has 1 aliphatic rings. The SMILES string of the molecule is COc1cc2nncc(N3CCC(NS(C)(=O)=O)CC3)c2cc1OC. The van der Waals surface area contributed by atoms with Gasteiger partial charge >= 0.3 is 0 Å². The molecule has 0 unspecified atom stereocenters. The van der Waals surface area contributed by atoms with Gasteiger partial charge in [0.25, 0.3) is 0 Å². The number of rotatable bonds is 5. The van der Waals surface area contributed by atoms with Crippen LogP contribution in [0.5, 0.6) is 11.5 Å². The molecule has 9 heteroatoms. The van der Waals surface area contributed by atoms with Crippen molar-refractivity contribution in [2.45, 2.75) is 18.9 Å². The first-order valence-electron chi connectivity index (χ1n) is 8.01. The minimum atomic E-state index is -3.18. The zero-order valence-corrected chi connectivity index (χ0v) is 15.3. The lowest BCUT2D eigenvalue weighted by Gasteiger charge is -2.33. The van der Waals surface area contributed by atoms with Gasteiger partial charge in [0.2, 0.25) is 10.0 Å². The van der Waals surface area contributed by atoms with Crippen LogP contribution in [0.25, 0.3) is 10.9 Å². The van der Waals surface area contributed by atoms with Crippen LogP contribution in [0.2, 0.25) is 0 Å². The number of nitrogens with one attached hydrogen (secondary N) is 1. The highest BCUT2D eigenvalue weighted by Gasteiger charge is 2.23. The second-order valence-corrected chi connectivity index (χ2v) is 7.89. The van der Waals surface area contributed by atoms with Crippen LogP contribution < -0.4 is 19.1 Å². The lowest BCUT2D eigenvalue weighted by Crippen LogP contribution is -2.44. The Morgan fingerprint density at radius 3 is 2.40 bits per heavy atom. The van der Waals surface area contributed by atoms with E-state index in [1.165, 1.54) is 6.26 Å². The molecule has 8 nitrogen and oxygen atoms in total. The summed E-state index contributed by atoms with van der Waals surface area (Å²) in [4.78, 5) is 2.20. The van der Waals surface area contributed by atoms with Crippen LogP contribution in [0.3, 0.4) is 0 Å². The second-order valence-electron chi connectivity index (χ2n) is 6.11. The van der Waals surface area contributed by atoms with E-state index in [0.717, 1.165) is 42.5 Å². The number of benzene rings is 1. The van der Waals surface area contributed by atoms with Crippen LogP contribution in [0.4, 0.5) is 5.69 Å². The van der Waals surface area contributed by atoms with Crippen molar-refractivity contribution in [2.24, 2.45) is 0 Å². The largest absolute Gasteiger partial charge is 0.493 e. The molecule has 1 aromatic carbocycles. The first-order valence-corrected chi connectivity index (χ1v) is 9.90. The Kier molecular flexibility index (Phi) is 4.96. The summed E-state index contributed by atoms with van der Waals surface area (Å²) in [5.74, 6) is 1.25. The van der Waals surface area contributed by atoms with Crippen LogP contribution in [-0.4, -0.2) is 58.2 Å². The molecule has 0 saturated carbocycles. The Labute approximate surface area is 147 Å². The standard InChI is InChI=1S/C16H22N4O4S/c1-23-15-8-12-13(9-16(15)24-2)18-17-10-14(12)20-6-4-11(5-7-20)19-25(3,21)22/h8-11,19H,4-7H2,1-3H3. The highest BCUT2D eigenvalue weighted by Crippen LogP contribution is 2.35. The number of sulfonamides is 1. The van der Waals surface area contributed by atoms with E-state index < -0.39 is 10.0 Å². The minimum Gasteiger partial charge on any atom is -0.493 e. The Bertz CT molecular complexity index is 864. The fraction of sp³-hybridized carbons (Fsp3) is 0.500. The lowest BCUT2D eigenvalue weighted by atomic mass is 10.0. The Morgan fingerprint density at radius 1 is 1.16 bits per heavy atom. The van der Waals surface area contributed by atoms with Crippen molar-refractivity contribution in [2.75, 3.05) is 38.5 Å². The third-order valence-electron chi connectivity index (χ3n) is 4.34. The summed E-state index contributed by atoms with van der Waals surface area (Å²) in [6.07, 6.45) is 4.41. The molecule has 0 bridgehead atoms. The lowest BCUT2D eigenvalue weighted by molar-refractivity contribution is 0.355. The van der Waals surface area contributed by atoms with Gasteiger partial charge in [0, 0.05) is 30.6 Å². The fourth-order valence-electron chi connectivity index (χ4n) is 3.16. The van der Waals surface area contributed by atoms with Crippen molar-refractivity contribution < 1.29 is 17.9 Å². The van der Waals surface area contributed by atoms with Crippen molar-refractivity contribution >= 4 is 26.6 Å². The van der Waals surface area contributed by atoms with E-state index in [1.54, 1.807) is 20.4 Å². The average Bonchev–Trinajstić information content (AvgIpc) is 2.59. The molecule has 2 aromatic rings. The number of hydrogen-bond acceptors (Lipinski definition) is 7. The van der Waals surface area contributed by atoms with E-state index in [1.807, 2.05) is 12.1 Å². The summed E-state index contributed by atoms with van der Waals surface area (Å²) in [6.45, 7) is 1.48. The van der Waals surface area contributed by atoms with Gasteiger partial charge in [-0.25, -0.2) is 13.1 Å². The number of hydrogen-bond donors (Lipinski definition) is 1. The van der Waals surface area contributed by atoms with Gasteiger partial charge in [-0.05, 0) is 18.9 Å². The molecule has 1 aromatic heterocycles. The van der Waals surface area contributed by atoms with E-state index in [9.17, 15) is 8.42 Å². The van der Waals surface area contributed by atoms with Crippen molar-refractivity contribution in [3.8, 4) is 11.5 Å². The molecule has 25 heavy (non-hydrogen) atoms. The topological polar surface area (TPSA) is 93.7 Å². The monoisotopic (exact) mass is 366 g/mol. The Hall–Kier alpha value is -2.13. The van der Waals surface area contributed by atoms with Gasteiger partial charge < -0.3 is 14.4 Å². The molecule has 1 fully saturated rings. The van der Waals surface area contributed by atoms with Crippen LogP contribution >= 0.6 is 0 Å². The van der Waals surface area contributed by atoms with Crippen molar-refractivity contribution in [3.63, 3.8) is 0 Å². The number of methoxy groups -OCH3 is 2. The average molecular weight is 366 g/mol. The van der Waals surface area contributed by atoms with Crippen LogP contribution in [0.1, 0.15) is 12.8 Å². The third-order valence-corrected chi connectivity index (χ3v) is 5.10. The molecule has 136 valence electrons. The fourth-order valence-corrected chi connectivity index (χ4v) is 4.01. The van der Waals surface area contributed by atoms with Crippen LogP contribution in [0.15, 0.2) is 18.3 Å². The first-order chi connectivity index (χ1) is 11.9. The molecule has 1 aliphatic heterocycles. The maximum absolute atomic E-state index is 11.4. The van der Waals surface area contributed by atoms with Gasteiger partial charge in [0.05, 0.1) is 37.9 Å². The van der Waals surface area contributed by atoms with E-state index in [4.69, 9.17) is 9.47 Å². The predicted molar refractivity (Wildman–Crippen MR) is 95.9 cm³/mol. The molecule has 2 heterocycles. The smallest absolute Gasteiger partial charge is 0.208 e. The summed E-state index contributed by atoms with van der Waals surface area (Å²) < 4.78 is 36.2. The van der Waals surface area contributed by atoms with E-state index in [-0.39, 0.29) is 6.04 Å². The second kappa shape index (κ2) is 7.01. The van der Waals surface area contributed by atoms with Gasteiger partial charge in [-0.1, -0.05) is 0 Å². The summed E-state index contributed by atoms with van der Waals surface area (Å²) in [5.41, 5.74) is 1.69. The van der Waals surface area contributed by atoms with E-state index in [0.29, 0.717) is 11.5 Å². The molecule has 0 amide bonds. The molecular formula is C16H22N4O4S. The maximum Gasteiger partial charge on any atom is 0.208 e. The molecule has 0 radical (unpaired) electrons. The van der Waals surface area contributed by atoms with Crippen LogP contribution in [-0.2, 0) is 10.0 Å². The van der Waals surface area contributed by atoms with Crippen molar-refractivity contribution in [3.05, 3.63) is 18.3 Å². The Morgan fingerprint density at radius 2 is 1.80 bits per heavy atom. The first kappa shape index (κ1) is 17.7. The maximum atomic E-state index is 11.4. The summed E-state index contributed by atoms with van der Waals surface area (Å²) in [5, 5.41) is 9.21. The highest BCUT2D eigenvalue weighted by molar-refractivity contribution is 7.88. The number of anilines is 1. The number of piperidine rings is 1. The number of fused-ring (bicyclic) bond motifs is 1. The molecule has 1 N–H and O–H groups in total. The van der Waals surface area contributed by atoms with Gasteiger partial charge in [-0.2, -0.15) is 10.2 Å². The van der Waals surface area contributed by atoms with Gasteiger partial charge in [-0.15, -0.1) is 0 Å². The van der Waals surface area contributed by atoms with Gasteiger partial charge in [-0.3, -0.25) is 0 Å². The molecular weight excluding hydrogens is 344 g/mol. The highest BCUT2D eigenvalue weighted by atomic mass is 32.2. The summed E-state index contributed by atoms with van der Waals surface area (Å²) >= 11 is 0. The number of ether oxygens (including phenoxy) is 2. The zero-order chi connectivity index (χ0) is 18.0.